The second kappa shape index (κ2) is 9.53. The summed E-state index contributed by atoms with van der Waals surface area (Å²) in [4.78, 5) is 34.0. The van der Waals surface area contributed by atoms with Crippen molar-refractivity contribution in [1.29, 1.82) is 0 Å². The molecule has 0 aliphatic carbocycles. The third kappa shape index (κ3) is 7.51. The van der Waals surface area contributed by atoms with Gasteiger partial charge in [0.25, 0.3) is 5.56 Å². The second-order valence-corrected chi connectivity index (χ2v) is 6.34. The van der Waals surface area contributed by atoms with Crippen LogP contribution in [-0.4, -0.2) is 40.4 Å². The van der Waals surface area contributed by atoms with E-state index in [0.29, 0.717) is 19.6 Å². The predicted octanol–water partition coefficient (Wildman–Crippen LogP) is 0.721. The van der Waals surface area contributed by atoms with Gasteiger partial charge in [0.1, 0.15) is 0 Å². The summed E-state index contributed by atoms with van der Waals surface area (Å²) in [6, 6.07) is 1.23. The Morgan fingerprint density at radius 2 is 2.14 bits per heavy atom. The summed E-state index contributed by atoms with van der Waals surface area (Å²) in [7, 11) is -3.67. The van der Waals surface area contributed by atoms with Crippen molar-refractivity contribution in [2.24, 2.45) is 0 Å². The van der Waals surface area contributed by atoms with E-state index in [0.717, 1.165) is 0 Å². The Labute approximate surface area is 127 Å². The Kier molecular flexibility index (Phi) is 8.05. The van der Waals surface area contributed by atoms with Crippen molar-refractivity contribution in [3.8, 4) is 0 Å². The molecule has 0 bridgehead atoms. The van der Waals surface area contributed by atoms with Crippen molar-refractivity contribution in [2.75, 3.05) is 26.0 Å². The van der Waals surface area contributed by atoms with E-state index in [-0.39, 0.29) is 19.3 Å². The maximum Gasteiger partial charge on any atom is 0.331 e. The summed E-state index contributed by atoms with van der Waals surface area (Å²) < 4.78 is 23.0. The lowest BCUT2D eigenvalue weighted by molar-refractivity contribution is 0.128. The molecule has 1 heterocycles. The molecular formula is C13H21N2O6P. The molecule has 1 aromatic heterocycles. The van der Waals surface area contributed by atoms with E-state index in [4.69, 9.17) is 9.26 Å². The molecule has 2 N–H and O–H groups in total. The summed E-state index contributed by atoms with van der Waals surface area (Å²) in [5.41, 5.74) is -0.998. The Morgan fingerprint density at radius 1 is 1.36 bits per heavy atom. The van der Waals surface area contributed by atoms with Crippen molar-refractivity contribution in [2.45, 2.75) is 19.9 Å². The van der Waals surface area contributed by atoms with Crippen LogP contribution in [0.3, 0.4) is 0 Å². The molecule has 0 aromatic carbocycles. The molecule has 0 spiro atoms. The SMILES string of the molecule is CCOCCCOP(=O)(O)CC=CCn1ccc(=O)[nH]c1=O. The standard InChI is InChI=1S/C13H21N2O6P/c1-2-20-9-5-10-21-22(18,19)11-4-3-7-15-8-6-12(16)14-13(15)17/h3-4,6,8H,2,5,7,9-11H2,1H3,(H,18,19)(H,14,16,17). The zero-order valence-electron chi connectivity index (χ0n) is 12.4. The number of allylic oxidation sites excluding steroid dienone is 2. The molecule has 0 radical (unpaired) electrons. The van der Waals surface area contributed by atoms with Crippen molar-refractivity contribution in [3.63, 3.8) is 0 Å². The van der Waals surface area contributed by atoms with Crippen LogP contribution < -0.4 is 11.2 Å². The molecule has 0 saturated carbocycles. The number of aromatic amines is 1. The van der Waals surface area contributed by atoms with E-state index in [1.54, 1.807) is 6.08 Å². The van der Waals surface area contributed by atoms with Gasteiger partial charge in [-0.3, -0.25) is 18.9 Å². The Hall–Kier alpha value is -1.47. The highest BCUT2D eigenvalue weighted by Crippen LogP contribution is 2.41. The van der Waals surface area contributed by atoms with Crippen LogP contribution in [0.4, 0.5) is 0 Å². The van der Waals surface area contributed by atoms with Gasteiger partial charge in [-0.15, -0.1) is 0 Å². The number of hydrogen-bond acceptors (Lipinski definition) is 5. The first-order valence-corrected chi connectivity index (χ1v) is 8.70. The van der Waals surface area contributed by atoms with Crippen LogP contribution in [0, 0.1) is 0 Å². The van der Waals surface area contributed by atoms with Crippen LogP contribution >= 0.6 is 7.60 Å². The number of rotatable bonds is 10. The van der Waals surface area contributed by atoms with Gasteiger partial charge in [0, 0.05) is 32.0 Å². The zero-order chi connectivity index (χ0) is 16.4. The van der Waals surface area contributed by atoms with Crippen LogP contribution in [0.1, 0.15) is 13.3 Å². The summed E-state index contributed by atoms with van der Waals surface area (Å²) in [5, 5.41) is 0. The van der Waals surface area contributed by atoms with E-state index >= 15 is 0 Å². The maximum absolute atomic E-state index is 11.7. The first kappa shape index (κ1) is 18.6. The minimum absolute atomic E-state index is 0.139. The van der Waals surface area contributed by atoms with Crippen LogP contribution in [0.2, 0.25) is 0 Å². The van der Waals surface area contributed by atoms with Gasteiger partial charge in [0.2, 0.25) is 0 Å². The van der Waals surface area contributed by atoms with Gasteiger partial charge in [-0.25, -0.2) is 4.79 Å². The number of H-pyrrole nitrogens is 1. The Balaban J connectivity index is 2.35. The molecule has 0 saturated heterocycles. The predicted molar refractivity (Wildman–Crippen MR) is 82.2 cm³/mol. The lowest BCUT2D eigenvalue weighted by Crippen LogP contribution is -2.28. The summed E-state index contributed by atoms with van der Waals surface area (Å²) in [6.45, 7) is 3.31. The van der Waals surface area contributed by atoms with Crippen molar-refractivity contribution >= 4 is 7.60 Å². The highest BCUT2D eigenvalue weighted by atomic mass is 31.2. The number of ether oxygens (including phenoxy) is 1. The van der Waals surface area contributed by atoms with Gasteiger partial charge < -0.3 is 14.2 Å². The number of nitrogens with zero attached hydrogens (tertiary/aromatic N) is 1. The zero-order valence-corrected chi connectivity index (χ0v) is 13.3. The van der Waals surface area contributed by atoms with E-state index in [1.165, 1.54) is 22.9 Å². The third-order valence-electron chi connectivity index (χ3n) is 2.63. The van der Waals surface area contributed by atoms with Gasteiger partial charge in [-0.05, 0) is 13.3 Å². The summed E-state index contributed by atoms with van der Waals surface area (Å²) >= 11 is 0. The quantitative estimate of drug-likeness (QED) is 0.371. The van der Waals surface area contributed by atoms with Gasteiger partial charge >= 0.3 is 13.3 Å². The van der Waals surface area contributed by atoms with Crippen LogP contribution in [-0.2, 0) is 20.4 Å². The first-order chi connectivity index (χ1) is 10.4. The fraction of sp³-hybridized carbons (Fsp3) is 0.538. The van der Waals surface area contributed by atoms with Crippen molar-refractivity contribution < 1.29 is 18.7 Å². The molecule has 22 heavy (non-hydrogen) atoms. The number of aromatic nitrogens is 2. The average molecular weight is 332 g/mol. The molecule has 0 amide bonds. The highest BCUT2D eigenvalue weighted by molar-refractivity contribution is 7.53. The smallest absolute Gasteiger partial charge is 0.331 e. The molecule has 1 unspecified atom stereocenters. The normalized spacial score (nSPS) is 14.3. The highest BCUT2D eigenvalue weighted by Gasteiger charge is 2.16. The lowest BCUT2D eigenvalue weighted by Gasteiger charge is -2.10. The molecule has 0 aliphatic heterocycles. The van der Waals surface area contributed by atoms with Crippen LogP contribution in [0.25, 0.3) is 0 Å². The Morgan fingerprint density at radius 3 is 2.82 bits per heavy atom. The number of nitrogens with one attached hydrogen (secondary N) is 1. The van der Waals surface area contributed by atoms with E-state index in [2.05, 4.69) is 4.98 Å². The fourth-order valence-electron chi connectivity index (χ4n) is 1.55. The molecule has 9 heteroatoms. The number of hydrogen-bond donors (Lipinski definition) is 2. The van der Waals surface area contributed by atoms with Crippen molar-refractivity contribution in [1.82, 2.24) is 9.55 Å². The van der Waals surface area contributed by atoms with Crippen LogP contribution in [0.15, 0.2) is 34.0 Å². The molecule has 1 atom stereocenters. The molecule has 8 nitrogen and oxygen atoms in total. The van der Waals surface area contributed by atoms with E-state index < -0.39 is 18.8 Å². The third-order valence-corrected chi connectivity index (χ3v) is 3.89. The maximum atomic E-state index is 11.7. The van der Waals surface area contributed by atoms with E-state index in [9.17, 15) is 19.0 Å². The first-order valence-electron chi connectivity index (χ1n) is 6.93. The lowest BCUT2D eigenvalue weighted by atomic mass is 10.5. The van der Waals surface area contributed by atoms with Gasteiger partial charge in [0.05, 0.1) is 12.8 Å². The average Bonchev–Trinajstić information content (AvgIpc) is 2.45. The van der Waals surface area contributed by atoms with Gasteiger partial charge in [0.15, 0.2) is 0 Å². The Bertz CT molecular complexity index is 636. The molecular weight excluding hydrogens is 311 g/mol. The molecule has 0 aliphatic rings. The van der Waals surface area contributed by atoms with Gasteiger partial charge in [-0.1, -0.05) is 12.2 Å². The fourth-order valence-corrected chi connectivity index (χ4v) is 2.48. The molecule has 0 fully saturated rings. The second-order valence-electron chi connectivity index (χ2n) is 4.44. The minimum Gasteiger partial charge on any atom is -0.382 e. The monoisotopic (exact) mass is 332 g/mol. The largest absolute Gasteiger partial charge is 0.382 e. The van der Waals surface area contributed by atoms with Gasteiger partial charge in [-0.2, -0.15) is 0 Å². The van der Waals surface area contributed by atoms with Crippen LogP contribution in [0.5, 0.6) is 0 Å². The summed E-state index contributed by atoms with van der Waals surface area (Å²) in [6.07, 6.45) is 4.80. The molecule has 1 rings (SSSR count). The molecule has 1 aromatic rings. The summed E-state index contributed by atoms with van der Waals surface area (Å²) in [5.74, 6) is 0. The van der Waals surface area contributed by atoms with Crippen molar-refractivity contribution in [3.05, 3.63) is 45.3 Å². The van der Waals surface area contributed by atoms with E-state index in [1.807, 2.05) is 6.92 Å². The molecule has 124 valence electrons. The minimum atomic E-state index is -3.67. The topological polar surface area (TPSA) is 111 Å².